The fourth-order valence-electron chi connectivity index (χ4n) is 1.47. The summed E-state index contributed by atoms with van der Waals surface area (Å²) in [4.78, 5) is 15.6. The lowest BCUT2D eigenvalue weighted by Crippen LogP contribution is -2.08. The highest BCUT2D eigenvalue weighted by molar-refractivity contribution is 7.78. The van der Waals surface area contributed by atoms with E-state index in [1.807, 2.05) is 6.07 Å². The highest BCUT2D eigenvalue weighted by Crippen LogP contribution is 2.25. The van der Waals surface area contributed by atoms with Gasteiger partial charge in [-0.1, -0.05) is 18.2 Å². The minimum atomic E-state index is -0.637. The topological polar surface area (TPSA) is 58.9 Å². The average Bonchev–Trinajstić information content (AvgIpc) is 2.40. The van der Waals surface area contributed by atoms with E-state index in [2.05, 4.69) is 22.4 Å². The summed E-state index contributed by atoms with van der Waals surface area (Å²) in [5.41, 5.74) is 0.482. The Labute approximate surface area is 115 Å². The van der Waals surface area contributed by atoms with Gasteiger partial charge in [-0.05, 0) is 36.5 Å². The number of isothiocyanates is 1. The molecule has 0 saturated carbocycles. The molecular formula is C14H9NO3S. The number of carbonyl (C=O) groups excluding carboxylic acids is 1. The Balaban J connectivity index is 2.22. The number of benzene rings is 2. The Bertz CT molecular complexity index is 649. The summed E-state index contributed by atoms with van der Waals surface area (Å²) in [7, 11) is 0. The largest absolute Gasteiger partial charge is 0.507 e. The van der Waals surface area contributed by atoms with Gasteiger partial charge in [0.25, 0.3) is 0 Å². The van der Waals surface area contributed by atoms with Crippen molar-refractivity contribution in [1.29, 1.82) is 0 Å². The van der Waals surface area contributed by atoms with E-state index in [1.165, 1.54) is 12.1 Å². The smallest absolute Gasteiger partial charge is 0.347 e. The second-order valence-corrected chi connectivity index (χ2v) is 3.79. The third kappa shape index (κ3) is 3.25. The van der Waals surface area contributed by atoms with Gasteiger partial charge in [0.2, 0.25) is 0 Å². The summed E-state index contributed by atoms with van der Waals surface area (Å²) in [5.74, 6) is -0.443. The fourth-order valence-corrected chi connectivity index (χ4v) is 1.57. The monoisotopic (exact) mass is 271 g/mol. The Hall–Kier alpha value is -2.49. The van der Waals surface area contributed by atoms with Crippen LogP contribution in [0.5, 0.6) is 11.5 Å². The fraction of sp³-hybridized carbons (Fsp3) is 0. The molecule has 0 unspecified atom stereocenters. The lowest BCUT2D eigenvalue weighted by Gasteiger charge is -2.05. The quantitative estimate of drug-likeness (QED) is 0.402. The minimum absolute atomic E-state index is 0.0622. The first-order valence-electron chi connectivity index (χ1n) is 5.39. The Morgan fingerprint density at radius 3 is 2.58 bits per heavy atom. The number of ether oxygens (including phenoxy) is 1. The van der Waals surface area contributed by atoms with Gasteiger partial charge in [-0.2, -0.15) is 4.99 Å². The third-order valence-electron chi connectivity index (χ3n) is 2.33. The summed E-state index contributed by atoms with van der Waals surface area (Å²) >= 11 is 4.46. The third-order valence-corrected chi connectivity index (χ3v) is 2.42. The van der Waals surface area contributed by atoms with Gasteiger partial charge in [0, 0.05) is 6.07 Å². The maximum atomic E-state index is 11.9. The Morgan fingerprint density at radius 2 is 1.95 bits per heavy atom. The molecule has 5 heteroatoms. The Kier molecular flexibility index (Phi) is 4.03. The summed E-state index contributed by atoms with van der Waals surface area (Å²) in [6, 6.07) is 12.9. The molecule has 19 heavy (non-hydrogen) atoms. The molecule has 94 valence electrons. The molecule has 0 saturated heterocycles. The van der Waals surface area contributed by atoms with Crippen LogP contribution in [0, 0.1) is 0 Å². The van der Waals surface area contributed by atoms with E-state index in [0.717, 1.165) is 0 Å². The van der Waals surface area contributed by atoms with E-state index in [-0.39, 0.29) is 11.3 Å². The summed E-state index contributed by atoms with van der Waals surface area (Å²) in [6.45, 7) is 0. The van der Waals surface area contributed by atoms with E-state index in [4.69, 9.17) is 4.74 Å². The van der Waals surface area contributed by atoms with E-state index < -0.39 is 5.97 Å². The maximum Gasteiger partial charge on any atom is 0.347 e. The molecule has 0 bridgehead atoms. The highest BCUT2D eigenvalue weighted by Gasteiger charge is 2.13. The molecule has 0 aliphatic heterocycles. The number of hydrogen-bond donors (Lipinski definition) is 1. The van der Waals surface area contributed by atoms with Crippen molar-refractivity contribution in [2.45, 2.75) is 0 Å². The van der Waals surface area contributed by atoms with Gasteiger partial charge >= 0.3 is 5.97 Å². The molecule has 0 spiro atoms. The second kappa shape index (κ2) is 5.91. The molecule has 0 heterocycles. The van der Waals surface area contributed by atoms with Gasteiger partial charge in [0.15, 0.2) is 0 Å². The van der Waals surface area contributed by atoms with Crippen molar-refractivity contribution < 1.29 is 14.6 Å². The standard InChI is InChI=1S/C14H9NO3S/c16-13-8-10(15-9-19)6-7-12(13)14(17)18-11-4-2-1-3-5-11/h1-8,16H. The molecule has 1 N–H and O–H groups in total. The van der Waals surface area contributed by atoms with Gasteiger partial charge in [-0.15, -0.1) is 0 Å². The number of rotatable bonds is 3. The first-order chi connectivity index (χ1) is 9.20. The van der Waals surface area contributed by atoms with E-state index in [1.54, 1.807) is 30.3 Å². The summed E-state index contributed by atoms with van der Waals surface area (Å²) < 4.78 is 5.12. The van der Waals surface area contributed by atoms with Gasteiger partial charge < -0.3 is 9.84 Å². The van der Waals surface area contributed by atoms with Gasteiger partial charge in [-0.3, -0.25) is 0 Å². The lowest BCUT2D eigenvalue weighted by molar-refractivity contribution is 0.0732. The van der Waals surface area contributed by atoms with Crippen molar-refractivity contribution in [3.8, 4) is 11.5 Å². The molecule has 2 aromatic rings. The Morgan fingerprint density at radius 1 is 1.21 bits per heavy atom. The van der Waals surface area contributed by atoms with Crippen molar-refractivity contribution in [2.75, 3.05) is 0 Å². The summed E-state index contributed by atoms with van der Waals surface area (Å²) in [5, 5.41) is 11.9. The van der Waals surface area contributed by atoms with E-state index >= 15 is 0 Å². The SMILES string of the molecule is O=C(Oc1ccccc1)c1ccc(N=C=S)cc1O. The van der Waals surface area contributed by atoms with Crippen LogP contribution in [0.3, 0.4) is 0 Å². The first kappa shape index (κ1) is 13.0. The highest BCUT2D eigenvalue weighted by atomic mass is 32.1. The lowest BCUT2D eigenvalue weighted by atomic mass is 10.2. The molecule has 0 amide bonds. The van der Waals surface area contributed by atoms with Crippen LogP contribution in [0.4, 0.5) is 5.69 Å². The number of carbonyl (C=O) groups is 1. The van der Waals surface area contributed by atoms with Crippen LogP contribution in [-0.4, -0.2) is 16.2 Å². The van der Waals surface area contributed by atoms with Crippen LogP contribution in [0.2, 0.25) is 0 Å². The van der Waals surface area contributed by atoms with Crippen LogP contribution in [0.1, 0.15) is 10.4 Å². The zero-order chi connectivity index (χ0) is 13.7. The van der Waals surface area contributed by atoms with Crippen LogP contribution in [-0.2, 0) is 0 Å². The number of aliphatic imine (C=N–C) groups is 1. The number of aromatic hydroxyl groups is 1. The van der Waals surface area contributed by atoms with Gasteiger partial charge in [0.1, 0.15) is 17.1 Å². The number of nitrogens with zero attached hydrogens (tertiary/aromatic N) is 1. The number of para-hydroxylation sites is 1. The van der Waals surface area contributed by atoms with E-state index in [0.29, 0.717) is 11.4 Å². The molecule has 0 fully saturated rings. The predicted molar refractivity (Wildman–Crippen MR) is 74.2 cm³/mol. The summed E-state index contributed by atoms with van der Waals surface area (Å²) in [6.07, 6.45) is 0. The molecule has 0 aliphatic rings. The normalized spacial score (nSPS) is 9.47. The molecule has 2 aromatic carbocycles. The number of phenols is 1. The molecular weight excluding hydrogens is 262 g/mol. The van der Waals surface area contributed by atoms with Crippen LogP contribution in [0.15, 0.2) is 53.5 Å². The number of esters is 1. The van der Waals surface area contributed by atoms with Crippen molar-refractivity contribution in [2.24, 2.45) is 4.99 Å². The van der Waals surface area contributed by atoms with Gasteiger partial charge in [-0.25, -0.2) is 4.79 Å². The zero-order valence-electron chi connectivity index (χ0n) is 9.74. The molecule has 0 aliphatic carbocycles. The molecule has 2 rings (SSSR count). The second-order valence-electron chi connectivity index (χ2n) is 3.61. The van der Waals surface area contributed by atoms with Crippen molar-refractivity contribution >= 4 is 29.0 Å². The molecule has 0 radical (unpaired) electrons. The van der Waals surface area contributed by atoms with Crippen LogP contribution in [0.25, 0.3) is 0 Å². The van der Waals surface area contributed by atoms with Crippen LogP contribution >= 0.6 is 12.2 Å². The zero-order valence-corrected chi connectivity index (χ0v) is 10.6. The molecule has 0 aromatic heterocycles. The van der Waals surface area contributed by atoms with Crippen LogP contribution < -0.4 is 4.74 Å². The minimum Gasteiger partial charge on any atom is -0.507 e. The average molecular weight is 271 g/mol. The maximum absolute atomic E-state index is 11.9. The van der Waals surface area contributed by atoms with E-state index in [9.17, 15) is 9.90 Å². The number of hydrogen-bond acceptors (Lipinski definition) is 5. The first-order valence-corrected chi connectivity index (χ1v) is 5.79. The van der Waals surface area contributed by atoms with Crippen molar-refractivity contribution in [1.82, 2.24) is 0 Å². The predicted octanol–water partition coefficient (Wildman–Crippen LogP) is 3.35. The molecule has 4 nitrogen and oxygen atoms in total. The number of phenolic OH excluding ortho intramolecular Hbond substituents is 1. The number of thiocarbonyl (C=S) groups is 1. The van der Waals surface area contributed by atoms with Crippen molar-refractivity contribution in [3.63, 3.8) is 0 Å². The van der Waals surface area contributed by atoms with Crippen molar-refractivity contribution in [3.05, 3.63) is 54.1 Å². The molecule has 0 atom stereocenters. The van der Waals surface area contributed by atoms with Gasteiger partial charge in [0.05, 0.1) is 10.8 Å².